The van der Waals surface area contributed by atoms with Crippen molar-refractivity contribution in [2.45, 2.75) is 6.04 Å². The van der Waals surface area contributed by atoms with Crippen molar-refractivity contribution >= 4 is 17.6 Å². The van der Waals surface area contributed by atoms with Gasteiger partial charge in [0.25, 0.3) is 0 Å². The number of hydrogen-bond donors (Lipinski definition) is 2. The molecule has 1 fully saturated rings. The van der Waals surface area contributed by atoms with Crippen LogP contribution in [0, 0.1) is 0 Å². The summed E-state index contributed by atoms with van der Waals surface area (Å²) in [6.07, 6.45) is 0. The number of amides is 1. The quantitative estimate of drug-likeness (QED) is 0.794. The molecule has 1 amide bonds. The van der Waals surface area contributed by atoms with Crippen molar-refractivity contribution in [2.75, 3.05) is 25.1 Å². The number of carbonyl (C=O) groups is 2. The van der Waals surface area contributed by atoms with Crippen LogP contribution in [0.1, 0.15) is 0 Å². The van der Waals surface area contributed by atoms with Gasteiger partial charge in [0.1, 0.15) is 11.8 Å². The molecule has 96 valence electrons. The van der Waals surface area contributed by atoms with Crippen molar-refractivity contribution in [3.05, 3.63) is 24.3 Å². The van der Waals surface area contributed by atoms with Crippen LogP contribution in [0.4, 0.5) is 5.69 Å². The van der Waals surface area contributed by atoms with Gasteiger partial charge >= 0.3 is 5.97 Å². The molecule has 0 bridgehead atoms. The minimum Gasteiger partial charge on any atom is -0.497 e. The highest BCUT2D eigenvalue weighted by atomic mass is 16.5. The Morgan fingerprint density at radius 3 is 3.00 bits per heavy atom. The summed E-state index contributed by atoms with van der Waals surface area (Å²) in [7, 11) is 1.54. The van der Waals surface area contributed by atoms with Gasteiger partial charge in [0, 0.05) is 18.3 Å². The number of ether oxygens (including phenoxy) is 1. The zero-order chi connectivity index (χ0) is 13.1. The normalized spacial score (nSPS) is 19.3. The van der Waals surface area contributed by atoms with E-state index in [1.54, 1.807) is 29.2 Å². The van der Waals surface area contributed by atoms with Crippen molar-refractivity contribution in [3.8, 4) is 5.75 Å². The molecule has 0 saturated carbocycles. The second-order valence-corrected chi connectivity index (χ2v) is 3.99. The smallest absolute Gasteiger partial charge is 0.328 e. The molecular formula is C12H14N2O4. The number of nitrogens with zero attached hydrogens (tertiary/aromatic N) is 1. The molecule has 18 heavy (non-hydrogen) atoms. The lowest BCUT2D eigenvalue weighted by atomic mass is 10.1. The highest BCUT2D eigenvalue weighted by molar-refractivity contribution is 5.89. The molecule has 1 aliphatic heterocycles. The Hall–Kier alpha value is -2.24. The molecule has 1 saturated heterocycles. The van der Waals surface area contributed by atoms with Gasteiger partial charge in [-0.15, -0.1) is 0 Å². The molecule has 2 N–H and O–H groups in total. The highest BCUT2D eigenvalue weighted by Crippen LogP contribution is 2.23. The molecule has 1 unspecified atom stereocenters. The third-order valence-corrected chi connectivity index (χ3v) is 2.85. The molecule has 1 aliphatic rings. The number of carbonyl (C=O) groups excluding carboxylic acids is 1. The summed E-state index contributed by atoms with van der Waals surface area (Å²) in [5, 5.41) is 11.7. The van der Waals surface area contributed by atoms with Gasteiger partial charge in [0.05, 0.1) is 13.7 Å². The first-order chi connectivity index (χ1) is 8.61. The number of rotatable bonds is 3. The summed E-state index contributed by atoms with van der Waals surface area (Å²) in [5.74, 6) is -0.518. The third-order valence-electron chi connectivity index (χ3n) is 2.85. The lowest BCUT2D eigenvalue weighted by molar-refractivity contribution is -0.139. The van der Waals surface area contributed by atoms with E-state index < -0.39 is 12.0 Å². The first kappa shape index (κ1) is 12.2. The molecule has 1 atom stereocenters. The molecular weight excluding hydrogens is 236 g/mol. The maximum atomic E-state index is 11.4. The molecule has 6 heteroatoms. The summed E-state index contributed by atoms with van der Waals surface area (Å²) in [6, 6.07) is 6.25. The number of hydrogen-bond acceptors (Lipinski definition) is 4. The number of benzene rings is 1. The monoisotopic (exact) mass is 250 g/mol. The molecule has 1 heterocycles. The van der Waals surface area contributed by atoms with Crippen LogP contribution >= 0.6 is 0 Å². The van der Waals surface area contributed by atoms with E-state index in [9.17, 15) is 9.59 Å². The third kappa shape index (κ3) is 2.37. The van der Waals surface area contributed by atoms with E-state index in [1.807, 2.05) is 0 Å². The van der Waals surface area contributed by atoms with Gasteiger partial charge in [-0.2, -0.15) is 0 Å². The number of nitrogens with one attached hydrogen (secondary N) is 1. The summed E-state index contributed by atoms with van der Waals surface area (Å²) in [6.45, 7) is 0.134. The zero-order valence-electron chi connectivity index (χ0n) is 9.92. The van der Waals surface area contributed by atoms with E-state index in [2.05, 4.69) is 5.32 Å². The lowest BCUT2D eigenvalue weighted by Crippen LogP contribution is -2.57. The number of carboxylic acid groups (broad SMARTS) is 1. The summed E-state index contributed by atoms with van der Waals surface area (Å²) in [5.41, 5.74) is 0.664. The highest BCUT2D eigenvalue weighted by Gasteiger charge is 2.32. The predicted molar refractivity (Wildman–Crippen MR) is 64.8 cm³/mol. The van der Waals surface area contributed by atoms with Gasteiger partial charge in [0.2, 0.25) is 5.91 Å². The zero-order valence-corrected chi connectivity index (χ0v) is 9.92. The van der Waals surface area contributed by atoms with Gasteiger partial charge in [0.15, 0.2) is 0 Å². The molecule has 6 nitrogen and oxygen atoms in total. The first-order valence-electron chi connectivity index (χ1n) is 5.52. The van der Waals surface area contributed by atoms with Crippen molar-refractivity contribution in [3.63, 3.8) is 0 Å². The topological polar surface area (TPSA) is 78.9 Å². The average Bonchev–Trinajstić information content (AvgIpc) is 2.38. The molecule has 1 aromatic rings. The Morgan fingerprint density at radius 2 is 2.33 bits per heavy atom. The number of carboxylic acids is 1. The Balaban J connectivity index is 2.31. The van der Waals surface area contributed by atoms with Crippen molar-refractivity contribution in [1.82, 2.24) is 5.32 Å². The predicted octanol–water partition coefficient (Wildman–Crippen LogP) is 0.0846. The van der Waals surface area contributed by atoms with E-state index in [-0.39, 0.29) is 19.0 Å². The molecule has 0 spiro atoms. The molecule has 0 radical (unpaired) electrons. The summed E-state index contributed by atoms with van der Waals surface area (Å²) in [4.78, 5) is 24.1. The lowest BCUT2D eigenvalue weighted by Gasteiger charge is -2.34. The minimum atomic E-state index is -0.960. The largest absolute Gasteiger partial charge is 0.497 e. The number of methoxy groups -OCH3 is 1. The van der Waals surface area contributed by atoms with Crippen molar-refractivity contribution in [2.24, 2.45) is 0 Å². The van der Waals surface area contributed by atoms with Crippen LogP contribution in [0.3, 0.4) is 0 Å². The van der Waals surface area contributed by atoms with Crippen LogP contribution in [-0.2, 0) is 9.59 Å². The number of aliphatic carboxylic acids is 1. The molecule has 0 aromatic heterocycles. The van der Waals surface area contributed by atoms with E-state index in [1.165, 1.54) is 7.11 Å². The molecule has 1 aromatic carbocycles. The Morgan fingerprint density at radius 1 is 1.56 bits per heavy atom. The van der Waals surface area contributed by atoms with E-state index in [0.717, 1.165) is 0 Å². The number of anilines is 1. The van der Waals surface area contributed by atoms with Gasteiger partial charge in [-0.3, -0.25) is 4.79 Å². The van der Waals surface area contributed by atoms with E-state index in [0.29, 0.717) is 11.4 Å². The fourth-order valence-electron chi connectivity index (χ4n) is 1.92. The Labute approximate surface area is 104 Å². The second kappa shape index (κ2) is 4.95. The summed E-state index contributed by atoms with van der Waals surface area (Å²) >= 11 is 0. The molecule has 0 aliphatic carbocycles. The van der Waals surface area contributed by atoms with Gasteiger partial charge in [-0.05, 0) is 12.1 Å². The maximum absolute atomic E-state index is 11.4. The Kier molecular flexibility index (Phi) is 3.36. The number of piperazine rings is 1. The molecule has 2 rings (SSSR count). The first-order valence-corrected chi connectivity index (χ1v) is 5.52. The van der Waals surface area contributed by atoms with Gasteiger partial charge in [-0.25, -0.2) is 4.79 Å². The van der Waals surface area contributed by atoms with Crippen LogP contribution in [0.2, 0.25) is 0 Å². The Bertz CT molecular complexity index is 475. The van der Waals surface area contributed by atoms with Crippen LogP contribution in [0.5, 0.6) is 5.75 Å². The second-order valence-electron chi connectivity index (χ2n) is 3.99. The fraction of sp³-hybridized carbons (Fsp3) is 0.333. The minimum absolute atomic E-state index is 0.0319. The SMILES string of the molecule is COc1cccc(N2CC(=O)NCC2C(=O)O)c1. The van der Waals surface area contributed by atoms with Gasteiger partial charge < -0.3 is 20.1 Å². The standard InChI is InChI=1S/C12H14N2O4/c1-18-9-4-2-3-8(5-9)14-7-11(15)13-6-10(14)12(16)17/h2-5,10H,6-7H2,1H3,(H,13,15)(H,16,17). The van der Waals surface area contributed by atoms with Crippen LogP contribution in [0.15, 0.2) is 24.3 Å². The van der Waals surface area contributed by atoms with Crippen LogP contribution in [0.25, 0.3) is 0 Å². The van der Waals surface area contributed by atoms with Crippen LogP contribution < -0.4 is 15.0 Å². The van der Waals surface area contributed by atoms with E-state index in [4.69, 9.17) is 9.84 Å². The maximum Gasteiger partial charge on any atom is 0.328 e. The van der Waals surface area contributed by atoms with E-state index >= 15 is 0 Å². The average molecular weight is 250 g/mol. The summed E-state index contributed by atoms with van der Waals surface area (Å²) < 4.78 is 5.09. The van der Waals surface area contributed by atoms with Crippen molar-refractivity contribution in [1.29, 1.82) is 0 Å². The van der Waals surface area contributed by atoms with Gasteiger partial charge in [-0.1, -0.05) is 6.07 Å². The van der Waals surface area contributed by atoms with Crippen LogP contribution in [-0.4, -0.2) is 43.2 Å². The fourth-order valence-corrected chi connectivity index (χ4v) is 1.92. The van der Waals surface area contributed by atoms with Crippen molar-refractivity contribution < 1.29 is 19.4 Å².